The van der Waals surface area contributed by atoms with Crippen LogP contribution in [0, 0.1) is 5.92 Å². The second kappa shape index (κ2) is 9.81. The van der Waals surface area contributed by atoms with Gasteiger partial charge in [-0.25, -0.2) is 0 Å². The Hall–Kier alpha value is -0.120. The lowest BCUT2D eigenvalue weighted by atomic mass is 9.81. The molecule has 0 spiro atoms. The van der Waals surface area contributed by atoms with Crippen LogP contribution in [0.25, 0.3) is 0 Å². The van der Waals surface area contributed by atoms with Gasteiger partial charge in [0.25, 0.3) is 0 Å². The number of likely N-dealkylation sites (N-methyl/N-ethyl adjacent to an activating group) is 1. The van der Waals surface area contributed by atoms with Crippen molar-refractivity contribution < 1.29 is 9.47 Å². The molecule has 0 aromatic carbocycles. The Morgan fingerprint density at radius 2 is 1.90 bits per heavy atom. The third-order valence-electron chi connectivity index (χ3n) is 5.16. The van der Waals surface area contributed by atoms with Gasteiger partial charge in [-0.2, -0.15) is 0 Å². The number of hydrogen-bond acceptors (Lipinski definition) is 3. The Morgan fingerprint density at radius 3 is 2.52 bits per heavy atom. The predicted molar refractivity (Wildman–Crippen MR) is 87.7 cm³/mol. The molecule has 3 unspecified atom stereocenters. The smallest absolute Gasteiger partial charge is 0.0755 e. The average Bonchev–Trinajstić information content (AvgIpc) is 3.04. The maximum absolute atomic E-state index is 6.21. The van der Waals surface area contributed by atoms with Crippen molar-refractivity contribution in [3.05, 3.63) is 0 Å². The molecule has 1 N–H and O–H groups in total. The third-order valence-corrected chi connectivity index (χ3v) is 5.16. The van der Waals surface area contributed by atoms with Crippen LogP contribution in [0.4, 0.5) is 0 Å². The lowest BCUT2D eigenvalue weighted by Crippen LogP contribution is -2.46. The lowest BCUT2D eigenvalue weighted by molar-refractivity contribution is -0.0223. The van der Waals surface area contributed by atoms with Crippen molar-refractivity contribution in [3.8, 4) is 0 Å². The highest BCUT2D eigenvalue weighted by Gasteiger charge is 2.31. The van der Waals surface area contributed by atoms with Gasteiger partial charge in [0.05, 0.1) is 12.2 Å². The summed E-state index contributed by atoms with van der Waals surface area (Å²) in [6.45, 7) is 7.19. The topological polar surface area (TPSA) is 30.5 Å². The minimum atomic E-state index is 0.400. The molecule has 2 aliphatic rings. The molecule has 2 rings (SSSR count). The van der Waals surface area contributed by atoms with Crippen LogP contribution in [0.15, 0.2) is 0 Å². The van der Waals surface area contributed by atoms with Gasteiger partial charge in [0.2, 0.25) is 0 Å². The van der Waals surface area contributed by atoms with Gasteiger partial charge in [-0.15, -0.1) is 0 Å². The summed E-state index contributed by atoms with van der Waals surface area (Å²) < 4.78 is 12.0. The highest BCUT2D eigenvalue weighted by Crippen LogP contribution is 2.31. The summed E-state index contributed by atoms with van der Waals surface area (Å²) in [5.74, 6) is 0.757. The van der Waals surface area contributed by atoms with Crippen molar-refractivity contribution in [2.24, 2.45) is 5.92 Å². The fourth-order valence-corrected chi connectivity index (χ4v) is 4.12. The summed E-state index contributed by atoms with van der Waals surface area (Å²) in [7, 11) is 0. The molecule has 0 aromatic heterocycles. The minimum absolute atomic E-state index is 0.400. The van der Waals surface area contributed by atoms with Gasteiger partial charge in [0.15, 0.2) is 0 Å². The molecule has 3 nitrogen and oxygen atoms in total. The molecule has 1 saturated carbocycles. The Morgan fingerprint density at radius 1 is 1.10 bits per heavy atom. The zero-order chi connectivity index (χ0) is 14.9. The van der Waals surface area contributed by atoms with Gasteiger partial charge in [-0.3, -0.25) is 0 Å². The largest absolute Gasteiger partial charge is 0.378 e. The summed E-state index contributed by atoms with van der Waals surface area (Å²) in [6.07, 6.45) is 12.7. The molecule has 1 heterocycles. The van der Waals surface area contributed by atoms with Crippen molar-refractivity contribution in [1.29, 1.82) is 0 Å². The van der Waals surface area contributed by atoms with Crippen LogP contribution < -0.4 is 5.32 Å². The van der Waals surface area contributed by atoms with Gasteiger partial charge in [-0.1, -0.05) is 26.2 Å². The fourth-order valence-electron chi connectivity index (χ4n) is 4.12. The highest BCUT2D eigenvalue weighted by atomic mass is 16.5. The van der Waals surface area contributed by atoms with Crippen molar-refractivity contribution in [3.63, 3.8) is 0 Å². The zero-order valence-corrected chi connectivity index (χ0v) is 14.1. The van der Waals surface area contributed by atoms with Crippen LogP contribution in [-0.2, 0) is 9.47 Å². The molecule has 1 aliphatic carbocycles. The molecule has 0 bridgehead atoms. The first-order valence-electron chi connectivity index (χ1n) is 9.31. The van der Waals surface area contributed by atoms with E-state index in [1.54, 1.807) is 0 Å². The Bertz CT molecular complexity index is 260. The first-order chi connectivity index (χ1) is 10.3. The summed E-state index contributed by atoms with van der Waals surface area (Å²) in [5, 5.41) is 3.71. The van der Waals surface area contributed by atoms with Gasteiger partial charge in [-0.05, 0) is 57.9 Å². The van der Waals surface area contributed by atoms with Gasteiger partial charge in [0, 0.05) is 19.3 Å². The molecule has 2 fully saturated rings. The van der Waals surface area contributed by atoms with Crippen molar-refractivity contribution in [2.45, 2.75) is 89.9 Å². The molecule has 1 aliphatic heterocycles. The first-order valence-corrected chi connectivity index (χ1v) is 9.31. The Balaban J connectivity index is 1.89. The number of ether oxygens (including phenoxy) is 2. The molecule has 1 saturated heterocycles. The van der Waals surface area contributed by atoms with E-state index >= 15 is 0 Å². The van der Waals surface area contributed by atoms with E-state index in [0.717, 1.165) is 25.7 Å². The summed E-state index contributed by atoms with van der Waals surface area (Å²) >= 11 is 0. The van der Waals surface area contributed by atoms with E-state index in [1.807, 2.05) is 0 Å². The Labute approximate surface area is 131 Å². The monoisotopic (exact) mass is 297 g/mol. The number of rotatable bonds is 9. The molecular formula is C18H35NO2. The van der Waals surface area contributed by atoms with Gasteiger partial charge in [0.1, 0.15) is 0 Å². The lowest BCUT2D eigenvalue weighted by Gasteiger charge is -2.36. The first kappa shape index (κ1) is 17.2. The van der Waals surface area contributed by atoms with Crippen LogP contribution in [0.5, 0.6) is 0 Å². The van der Waals surface area contributed by atoms with E-state index in [-0.39, 0.29) is 0 Å². The van der Waals surface area contributed by atoms with Gasteiger partial charge >= 0.3 is 0 Å². The van der Waals surface area contributed by atoms with E-state index in [1.165, 1.54) is 57.8 Å². The van der Waals surface area contributed by atoms with E-state index in [9.17, 15) is 0 Å². The second-order valence-corrected chi connectivity index (χ2v) is 6.69. The molecule has 124 valence electrons. The maximum atomic E-state index is 6.21. The molecule has 0 amide bonds. The van der Waals surface area contributed by atoms with E-state index in [4.69, 9.17) is 9.47 Å². The predicted octanol–water partition coefficient (Wildman–Crippen LogP) is 3.91. The minimum Gasteiger partial charge on any atom is -0.378 e. The summed E-state index contributed by atoms with van der Waals surface area (Å²) in [4.78, 5) is 0. The SMILES string of the molecule is CCNC(CCC1CCCO1)C(OCC)C1CCCCC1. The van der Waals surface area contributed by atoms with E-state index < -0.39 is 0 Å². The van der Waals surface area contributed by atoms with Crippen molar-refractivity contribution in [1.82, 2.24) is 5.32 Å². The van der Waals surface area contributed by atoms with Crippen molar-refractivity contribution in [2.75, 3.05) is 19.8 Å². The third kappa shape index (κ3) is 5.54. The number of hydrogen-bond donors (Lipinski definition) is 1. The zero-order valence-electron chi connectivity index (χ0n) is 14.1. The Kier molecular flexibility index (Phi) is 8.05. The summed E-state index contributed by atoms with van der Waals surface area (Å²) in [6, 6.07) is 0.502. The second-order valence-electron chi connectivity index (χ2n) is 6.69. The highest BCUT2D eigenvalue weighted by molar-refractivity contribution is 4.86. The van der Waals surface area contributed by atoms with Crippen LogP contribution in [-0.4, -0.2) is 38.0 Å². The van der Waals surface area contributed by atoms with Crippen LogP contribution in [0.3, 0.4) is 0 Å². The molecule has 0 radical (unpaired) electrons. The molecule has 3 atom stereocenters. The van der Waals surface area contributed by atoms with Crippen molar-refractivity contribution >= 4 is 0 Å². The standard InChI is InChI=1S/C18H35NO2/c1-3-19-17(13-12-16-11-8-14-21-16)18(20-4-2)15-9-6-5-7-10-15/h15-19H,3-14H2,1-2H3. The maximum Gasteiger partial charge on any atom is 0.0755 e. The van der Waals surface area contributed by atoms with Crippen LogP contribution in [0.2, 0.25) is 0 Å². The van der Waals surface area contributed by atoms with Crippen LogP contribution in [0.1, 0.15) is 71.6 Å². The van der Waals surface area contributed by atoms with Crippen LogP contribution >= 0.6 is 0 Å². The average molecular weight is 297 g/mol. The van der Waals surface area contributed by atoms with E-state index in [2.05, 4.69) is 19.2 Å². The molecule has 0 aromatic rings. The normalized spacial score (nSPS) is 26.9. The number of nitrogens with one attached hydrogen (secondary N) is 1. The molecular weight excluding hydrogens is 262 g/mol. The quantitative estimate of drug-likeness (QED) is 0.700. The van der Waals surface area contributed by atoms with E-state index in [0.29, 0.717) is 18.2 Å². The molecule has 3 heteroatoms. The molecule has 21 heavy (non-hydrogen) atoms. The van der Waals surface area contributed by atoms with Gasteiger partial charge < -0.3 is 14.8 Å². The summed E-state index contributed by atoms with van der Waals surface area (Å²) in [5.41, 5.74) is 0. The fraction of sp³-hybridized carbons (Fsp3) is 1.00.